The molecule has 7 heteroatoms. The number of carbonyl (C=O) groups is 2. The van der Waals surface area contributed by atoms with E-state index in [1.165, 1.54) is 35.5 Å². The van der Waals surface area contributed by atoms with E-state index in [0.29, 0.717) is 24.2 Å². The van der Waals surface area contributed by atoms with E-state index in [1.54, 1.807) is 18.2 Å². The number of aliphatic hydroxyl groups excluding tert-OH is 1. The van der Waals surface area contributed by atoms with E-state index in [1.807, 2.05) is 13.8 Å². The number of hydrogen-bond donors (Lipinski definition) is 1. The second-order valence-electron chi connectivity index (χ2n) is 6.81. The van der Waals surface area contributed by atoms with Crippen LogP contribution in [0.2, 0.25) is 0 Å². The Labute approximate surface area is 169 Å². The molecule has 0 spiro atoms. The fourth-order valence-electron chi connectivity index (χ4n) is 3.59. The van der Waals surface area contributed by atoms with Crippen molar-refractivity contribution in [2.24, 2.45) is 0 Å². The maximum Gasteiger partial charge on any atom is 0.295 e. The van der Waals surface area contributed by atoms with Gasteiger partial charge in [-0.3, -0.25) is 14.6 Å². The number of aliphatic hydroxyl groups is 1. The van der Waals surface area contributed by atoms with Gasteiger partial charge in [0.15, 0.2) is 0 Å². The first-order valence-corrected chi connectivity index (χ1v) is 9.64. The van der Waals surface area contributed by atoms with Gasteiger partial charge in [0.1, 0.15) is 11.6 Å². The average molecular weight is 397 g/mol. The van der Waals surface area contributed by atoms with Gasteiger partial charge in [-0.15, -0.1) is 0 Å². The van der Waals surface area contributed by atoms with Crippen molar-refractivity contribution >= 4 is 17.4 Å². The van der Waals surface area contributed by atoms with Gasteiger partial charge in [0.2, 0.25) is 0 Å². The van der Waals surface area contributed by atoms with Crippen LogP contribution < -0.4 is 0 Å². The summed E-state index contributed by atoms with van der Waals surface area (Å²) in [4.78, 5) is 33.1. The van der Waals surface area contributed by atoms with E-state index >= 15 is 0 Å². The number of amides is 1. The lowest BCUT2D eigenvalue weighted by Gasteiger charge is -2.28. The maximum absolute atomic E-state index is 13.9. The van der Waals surface area contributed by atoms with Crippen LogP contribution in [-0.4, -0.2) is 57.8 Å². The first kappa shape index (κ1) is 20.7. The number of aromatic nitrogens is 1. The van der Waals surface area contributed by atoms with Crippen molar-refractivity contribution in [3.05, 3.63) is 71.3 Å². The molecule has 0 aliphatic carbocycles. The second-order valence-corrected chi connectivity index (χ2v) is 6.81. The van der Waals surface area contributed by atoms with Gasteiger partial charge in [0.05, 0.1) is 11.6 Å². The summed E-state index contributed by atoms with van der Waals surface area (Å²) in [6, 6.07) is 8.04. The number of ketones is 1. The number of hydrogen-bond acceptors (Lipinski definition) is 5. The molecule has 1 amide bonds. The molecule has 1 saturated heterocycles. The molecule has 1 aliphatic heterocycles. The number of nitrogens with zero attached hydrogens (tertiary/aromatic N) is 3. The van der Waals surface area contributed by atoms with Crippen molar-refractivity contribution in [1.82, 2.24) is 14.8 Å². The van der Waals surface area contributed by atoms with Crippen molar-refractivity contribution in [3.8, 4) is 0 Å². The lowest BCUT2D eigenvalue weighted by Crippen LogP contribution is -2.38. The summed E-state index contributed by atoms with van der Waals surface area (Å²) in [6.45, 7) is 6.52. The minimum absolute atomic E-state index is 0.0358. The molecule has 6 nitrogen and oxygen atoms in total. The van der Waals surface area contributed by atoms with E-state index in [4.69, 9.17) is 0 Å². The van der Waals surface area contributed by atoms with Crippen LogP contribution in [0.3, 0.4) is 0 Å². The van der Waals surface area contributed by atoms with Gasteiger partial charge in [-0.25, -0.2) is 4.39 Å². The Hall–Kier alpha value is -3.06. The third kappa shape index (κ3) is 4.19. The molecule has 1 aromatic heterocycles. The van der Waals surface area contributed by atoms with Crippen LogP contribution in [0, 0.1) is 5.82 Å². The van der Waals surface area contributed by atoms with E-state index in [2.05, 4.69) is 9.88 Å². The Morgan fingerprint density at radius 1 is 1.17 bits per heavy atom. The van der Waals surface area contributed by atoms with E-state index in [0.717, 1.165) is 13.1 Å². The summed E-state index contributed by atoms with van der Waals surface area (Å²) < 4.78 is 13.9. The fraction of sp³-hybridized carbons (Fsp3) is 0.318. The summed E-state index contributed by atoms with van der Waals surface area (Å²) in [6.07, 6.45) is 2.98. The van der Waals surface area contributed by atoms with Crippen LogP contribution in [-0.2, 0) is 9.59 Å². The number of likely N-dealkylation sites (N-methyl/N-ethyl adjacent to an activating group) is 1. The molecule has 1 N–H and O–H groups in total. The van der Waals surface area contributed by atoms with Crippen molar-refractivity contribution in [1.29, 1.82) is 0 Å². The van der Waals surface area contributed by atoms with E-state index < -0.39 is 23.5 Å². The highest BCUT2D eigenvalue weighted by Gasteiger charge is 2.46. The highest BCUT2D eigenvalue weighted by Crippen LogP contribution is 2.39. The highest BCUT2D eigenvalue weighted by atomic mass is 19.1. The molecule has 2 heterocycles. The number of pyridine rings is 1. The molecule has 0 saturated carbocycles. The molecule has 3 rings (SSSR count). The summed E-state index contributed by atoms with van der Waals surface area (Å²) >= 11 is 0. The van der Waals surface area contributed by atoms with Crippen LogP contribution in [0.1, 0.15) is 31.0 Å². The molecule has 0 bridgehead atoms. The summed E-state index contributed by atoms with van der Waals surface area (Å²) in [5, 5.41) is 10.8. The number of likely N-dealkylation sites (tertiary alicyclic amines) is 1. The predicted molar refractivity (Wildman–Crippen MR) is 107 cm³/mol. The van der Waals surface area contributed by atoms with Gasteiger partial charge in [-0.05, 0) is 42.9 Å². The van der Waals surface area contributed by atoms with Crippen LogP contribution in [0.25, 0.3) is 5.76 Å². The Morgan fingerprint density at radius 3 is 2.48 bits per heavy atom. The molecular formula is C22H24FN3O3. The van der Waals surface area contributed by atoms with Crippen molar-refractivity contribution in [3.63, 3.8) is 0 Å². The zero-order valence-electron chi connectivity index (χ0n) is 16.5. The Balaban J connectivity index is 2.09. The van der Waals surface area contributed by atoms with E-state index in [-0.39, 0.29) is 11.3 Å². The largest absolute Gasteiger partial charge is 0.507 e. The molecule has 1 atom stereocenters. The first-order chi connectivity index (χ1) is 14.0. The van der Waals surface area contributed by atoms with Gasteiger partial charge in [0.25, 0.3) is 11.7 Å². The number of halogens is 1. The van der Waals surface area contributed by atoms with Crippen molar-refractivity contribution in [2.75, 3.05) is 26.2 Å². The first-order valence-electron chi connectivity index (χ1n) is 9.64. The van der Waals surface area contributed by atoms with Gasteiger partial charge < -0.3 is 14.9 Å². The number of rotatable bonds is 7. The highest BCUT2D eigenvalue weighted by molar-refractivity contribution is 6.46. The maximum atomic E-state index is 13.9. The summed E-state index contributed by atoms with van der Waals surface area (Å²) in [5.74, 6) is -2.22. The van der Waals surface area contributed by atoms with Gasteiger partial charge >= 0.3 is 0 Å². The lowest BCUT2D eigenvalue weighted by molar-refractivity contribution is -0.140. The Bertz CT molecular complexity index is 926. The van der Waals surface area contributed by atoms with Gasteiger partial charge in [0, 0.05) is 31.0 Å². The molecule has 1 aromatic carbocycles. The van der Waals surface area contributed by atoms with Gasteiger partial charge in [-0.1, -0.05) is 26.0 Å². The molecule has 0 unspecified atom stereocenters. The fourth-order valence-corrected chi connectivity index (χ4v) is 3.59. The zero-order chi connectivity index (χ0) is 21.0. The van der Waals surface area contributed by atoms with Crippen LogP contribution in [0.15, 0.2) is 54.4 Å². The number of Topliss-reactive ketones (excluding diaryl/α,β-unsaturated/α-hetero) is 1. The number of carbonyl (C=O) groups excluding carboxylic acids is 2. The molecule has 1 fully saturated rings. The molecule has 0 radical (unpaired) electrons. The van der Waals surface area contributed by atoms with Crippen LogP contribution >= 0.6 is 0 Å². The summed E-state index contributed by atoms with van der Waals surface area (Å²) in [7, 11) is 0. The lowest BCUT2D eigenvalue weighted by atomic mass is 9.95. The zero-order valence-corrected chi connectivity index (χ0v) is 16.5. The molecule has 1 aliphatic rings. The molecule has 29 heavy (non-hydrogen) atoms. The smallest absolute Gasteiger partial charge is 0.295 e. The van der Waals surface area contributed by atoms with Crippen molar-refractivity contribution in [2.45, 2.75) is 19.9 Å². The monoisotopic (exact) mass is 397 g/mol. The minimum Gasteiger partial charge on any atom is -0.507 e. The van der Waals surface area contributed by atoms with E-state index in [9.17, 15) is 19.1 Å². The van der Waals surface area contributed by atoms with Gasteiger partial charge in [-0.2, -0.15) is 0 Å². The molecular weight excluding hydrogens is 373 g/mol. The quantitative estimate of drug-likeness (QED) is 0.442. The average Bonchev–Trinajstić information content (AvgIpc) is 2.99. The number of benzene rings is 1. The third-order valence-electron chi connectivity index (χ3n) is 5.21. The predicted octanol–water partition coefficient (Wildman–Crippen LogP) is 2.98. The normalized spacial score (nSPS) is 18.6. The second kappa shape index (κ2) is 8.96. The Morgan fingerprint density at radius 2 is 1.86 bits per heavy atom. The topological polar surface area (TPSA) is 73.7 Å². The third-order valence-corrected chi connectivity index (χ3v) is 5.21. The van der Waals surface area contributed by atoms with Crippen LogP contribution in [0.4, 0.5) is 4.39 Å². The standard InChI is InChI=1S/C22H24FN3O3/c1-3-25(4-2)12-13-26-19(16-6-5-7-17(23)14-16)18(21(28)22(26)29)20(27)15-8-10-24-11-9-15/h5-11,14,19,27H,3-4,12-13H2,1-2H3/t19-/m1/s1. The SMILES string of the molecule is CCN(CC)CCN1C(=O)C(=O)C(=C(O)c2ccncc2)[C@H]1c1cccc(F)c1. The van der Waals surface area contributed by atoms with Crippen LogP contribution in [0.5, 0.6) is 0 Å². The minimum atomic E-state index is -0.852. The summed E-state index contributed by atoms with van der Waals surface area (Å²) in [5.41, 5.74) is 0.786. The molecule has 152 valence electrons. The van der Waals surface area contributed by atoms with Crippen molar-refractivity contribution < 1.29 is 19.1 Å². The molecule has 2 aromatic rings. The Kier molecular flexibility index (Phi) is 6.39.